The molecule has 0 aliphatic carbocycles. The van der Waals surface area contributed by atoms with Crippen molar-refractivity contribution in [2.45, 2.75) is 6.04 Å². The van der Waals surface area contributed by atoms with Gasteiger partial charge < -0.3 is 14.6 Å². The van der Waals surface area contributed by atoms with Gasteiger partial charge in [0.25, 0.3) is 11.7 Å². The number of halogens is 4. The van der Waals surface area contributed by atoms with Gasteiger partial charge in [0, 0.05) is 18.0 Å². The average Bonchev–Trinajstić information content (AvgIpc) is 3.11. The van der Waals surface area contributed by atoms with Crippen molar-refractivity contribution in [3.8, 4) is 11.5 Å². The van der Waals surface area contributed by atoms with Crippen LogP contribution in [0, 0.1) is 11.6 Å². The molecule has 35 heavy (non-hydrogen) atoms. The minimum atomic E-state index is -1.29. The fourth-order valence-electron chi connectivity index (χ4n) is 3.84. The van der Waals surface area contributed by atoms with E-state index in [1.165, 1.54) is 32.5 Å². The fourth-order valence-corrected chi connectivity index (χ4v) is 4.53. The molecule has 1 unspecified atom stereocenters. The lowest BCUT2D eigenvalue weighted by Gasteiger charge is -2.25. The van der Waals surface area contributed by atoms with Gasteiger partial charge in [-0.2, -0.15) is 0 Å². The van der Waals surface area contributed by atoms with E-state index in [2.05, 4.69) is 4.98 Å². The maximum Gasteiger partial charge on any atom is 0.300 e. The first-order chi connectivity index (χ1) is 16.7. The summed E-state index contributed by atoms with van der Waals surface area (Å²) < 4.78 is 38.1. The van der Waals surface area contributed by atoms with E-state index in [9.17, 15) is 23.5 Å². The minimum Gasteiger partial charge on any atom is -0.507 e. The number of ketones is 1. The van der Waals surface area contributed by atoms with E-state index in [0.717, 1.165) is 23.1 Å². The summed E-state index contributed by atoms with van der Waals surface area (Å²) >= 11 is 12.6. The summed E-state index contributed by atoms with van der Waals surface area (Å²) in [4.78, 5) is 31.4. The summed E-state index contributed by atoms with van der Waals surface area (Å²) in [6.45, 7) is 0. The Balaban J connectivity index is 2.01. The van der Waals surface area contributed by atoms with Crippen molar-refractivity contribution in [2.24, 2.45) is 0 Å². The van der Waals surface area contributed by atoms with E-state index < -0.39 is 35.1 Å². The highest BCUT2D eigenvalue weighted by molar-refractivity contribution is 6.52. The Morgan fingerprint density at radius 2 is 1.74 bits per heavy atom. The first-order valence-electron chi connectivity index (χ1n) is 9.98. The third-order valence-corrected chi connectivity index (χ3v) is 6.01. The quantitative estimate of drug-likeness (QED) is 0.278. The van der Waals surface area contributed by atoms with Gasteiger partial charge in [-0.3, -0.25) is 19.5 Å². The molecule has 3 aromatic rings. The van der Waals surface area contributed by atoms with Crippen LogP contribution in [0.3, 0.4) is 0 Å². The number of hydrogen-bond donors (Lipinski definition) is 1. The summed E-state index contributed by atoms with van der Waals surface area (Å²) in [5.74, 6) is -5.18. The van der Waals surface area contributed by atoms with Crippen molar-refractivity contribution in [3.63, 3.8) is 0 Å². The standard InChI is InChI=1S/C24H16Cl2F2N2O5/c1-34-22-12(10-13(25)23(35-2)18(22)26)20(31)17-19(16-5-3-4-8-29-16)30(24(33)21(17)32)11-6-7-14(27)15(28)9-11/h3-10,19,31H,1-2H3/b20-17+. The fraction of sp³-hybridized carbons (Fsp3) is 0.125. The van der Waals surface area contributed by atoms with Gasteiger partial charge in [0.05, 0.1) is 36.1 Å². The van der Waals surface area contributed by atoms with Crippen molar-refractivity contribution in [2.75, 3.05) is 19.1 Å². The van der Waals surface area contributed by atoms with Gasteiger partial charge in [0.1, 0.15) is 16.8 Å². The lowest BCUT2D eigenvalue weighted by atomic mass is 9.97. The first kappa shape index (κ1) is 24.4. The molecule has 0 bridgehead atoms. The molecule has 1 aliphatic rings. The number of carbonyl (C=O) groups is 2. The number of carbonyl (C=O) groups excluding carboxylic acids is 2. The van der Waals surface area contributed by atoms with Gasteiger partial charge in [-0.15, -0.1) is 0 Å². The zero-order valence-electron chi connectivity index (χ0n) is 18.2. The van der Waals surface area contributed by atoms with Crippen LogP contribution in [0.4, 0.5) is 14.5 Å². The Morgan fingerprint density at radius 1 is 1.03 bits per heavy atom. The van der Waals surface area contributed by atoms with Crippen LogP contribution in [0.5, 0.6) is 11.5 Å². The Hall–Kier alpha value is -3.69. The number of ether oxygens (including phenoxy) is 2. The van der Waals surface area contributed by atoms with Gasteiger partial charge in [0.2, 0.25) is 0 Å². The van der Waals surface area contributed by atoms with E-state index in [1.54, 1.807) is 12.1 Å². The normalized spacial score (nSPS) is 17.1. The Morgan fingerprint density at radius 3 is 2.34 bits per heavy atom. The SMILES string of the molecule is COc1c(Cl)cc(/C(O)=C2\C(=O)C(=O)N(c3ccc(F)c(F)c3)C2c2ccccn2)c(OC)c1Cl. The maximum atomic E-state index is 14.0. The number of pyridine rings is 1. The molecular weight excluding hydrogens is 505 g/mol. The van der Waals surface area contributed by atoms with Crippen LogP contribution in [-0.2, 0) is 9.59 Å². The summed E-state index contributed by atoms with van der Waals surface area (Å²) in [5.41, 5.74) is -0.400. The summed E-state index contributed by atoms with van der Waals surface area (Å²) in [6.07, 6.45) is 1.42. The van der Waals surface area contributed by atoms with Gasteiger partial charge in [-0.25, -0.2) is 8.78 Å². The molecule has 1 fully saturated rings. The number of amides is 1. The molecule has 2 heterocycles. The average molecular weight is 521 g/mol. The molecule has 1 aliphatic heterocycles. The van der Waals surface area contributed by atoms with Gasteiger partial charge in [-0.1, -0.05) is 29.3 Å². The topological polar surface area (TPSA) is 89.0 Å². The van der Waals surface area contributed by atoms with E-state index in [4.69, 9.17) is 32.7 Å². The lowest BCUT2D eigenvalue weighted by molar-refractivity contribution is -0.132. The molecule has 1 aromatic heterocycles. The van der Waals surface area contributed by atoms with Gasteiger partial charge >= 0.3 is 0 Å². The number of hydrogen-bond acceptors (Lipinski definition) is 6. The summed E-state index contributed by atoms with van der Waals surface area (Å²) in [6, 6.07) is 7.45. The van der Waals surface area contributed by atoms with E-state index >= 15 is 0 Å². The molecule has 2 aromatic carbocycles. The molecule has 1 atom stereocenters. The zero-order chi connectivity index (χ0) is 25.4. The molecule has 1 N–H and O–H groups in total. The van der Waals surface area contributed by atoms with Crippen molar-refractivity contribution in [3.05, 3.63) is 87.2 Å². The Kier molecular flexibility index (Phi) is 6.64. The molecule has 1 amide bonds. The number of Topliss-reactive ketones (excluding diaryl/α,β-unsaturated/α-hetero) is 1. The minimum absolute atomic E-state index is 0.00377. The molecular formula is C24H16Cl2F2N2O5. The second-order valence-corrected chi connectivity index (χ2v) is 8.09. The first-order valence-corrected chi connectivity index (χ1v) is 10.7. The molecule has 7 nitrogen and oxygen atoms in total. The summed E-state index contributed by atoms with van der Waals surface area (Å²) in [5, 5.41) is 11.2. The highest BCUT2D eigenvalue weighted by atomic mass is 35.5. The van der Waals surface area contributed by atoms with E-state index in [-0.39, 0.29) is 44.1 Å². The van der Waals surface area contributed by atoms with Crippen molar-refractivity contribution in [1.29, 1.82) is 0 Å². The predicted octanol–water partition coefficient (Wildman–Crippen LogP) is 5.31. The molecule has 180 valence electrons. The number of aliphatic hydroxyl groups excluding tert-OH is 1. The molecule has 0 spiro atoms. The molecule has 11 heteroatoms. The largest absolute Gasteiger partial charge is 0.507 e. The van der Waals surface area contributed by atoms with Crippen molar-refractivity contribution < 1.29 is 33.0 Å². The summed E-state index contributed by atoms with van der Waals surface area (Å²) in [7, 11) is 2.61. The monoisotopic (exact) mass is 520 g/mol. The number of aliphatic hydroxyl groups is 1. The van der Waals surface area contributed by atoms with Crippen LogP contribution in [-0.4, -0.2) is 36.0 Å². The van der Waals surface area contributed by atoms with Crippen LogP contribution in [0.2, 0.25) is 10.0 Å². The lowest BCUT2D eigenvalue weighted by Crippen LogP contribution is -2.30. The molecule has 1 saturated heterocycles. The number of nitrogens with zero attached hydrogens (tertiary/aromatic N) is 2. The van der Waals surface area contributed by atoms with Crippen LogP contribution < -0.4 is 14.4 Å². The highest BCUT2D eigenvalue weighted by Crippen LogP contribution is 2.47. The number of methoxy groups -OCH3 is 2. The van der Waals surface area contributed by atoms with Crippen LogP contribution in [0.25, 0.3) is 5.76 Å². The second-order valence-electron chi connectivity index (χ2n) is 7.31. The second kappa shape index (κ2) is 9.52. The van der Waals surface area contributed by atoms with Crippen LogP contribution in [0.1, 0.15) is 17.3 Å². The van der Waals surface area contributed by atoms with Crippen molar-refractivity contribution >= 4 is 46.3 Å². The molecule has 0 radical (unpaired) electrons. The van der Waals surface area contributed by atoms with Crippen molar-refractivity contribution in [1.82, 2.24) is 4.98 Å². The predicted molar refractivity (Wildman–Crippen MR) is 125 cm³/mol. The highest BCUT2D eigenvalue weighted by Gasteiger charge is 2.48. The third-order valence-electron chi connectivity index (χ3n) is 5.39. The Bertz CT molecular complexity index is 1380. The number of anilines is 1. The van der Waals surface area contributed by atoms with E-state index in [1.807, 2.05) is 0 Å². The van der Waals surface area contributed by atoms with E-state index in [0.29, 0.717) is 0 Å². The zero-order valence-corrected chi connectivity index (χ0v) is 19.7. The smallest absolute Gasteiger partial charge is 0.300 e. The molecule has 4 rings (SSSR count). The third kappa shape index (κ3) is 4.06. The Labute approximate surface area is 208 Å². The number of aromatic nitrogens is 1. The van der Waals surface area contributed by atoms with Gasteiger partial charge in [-0.05, 0) is 30.3 Å². The van der Waals surface area contributed by atoms with Gasteiger partial charge in [0.15, 0.2) is 23.1 Å². The number of rotatable bonds is 5. The maximum absolute atomic E-state index is 14.0. The van der Waals surface area contributed by atoms with Crippen LogP contribution >= 0.6 is 23.2 Å². The number of benzene rings is 2. The van der Waals surface area contributed by atoms with Crippen LogP contribution in [0.15, 0.2) is 54.2 Å². The molecule has 0 saturated carbocycles.